The molecular weight excluding hydrogens is 512 g/mol. The van der Waals surface area contributed by atoms with Crippen LogP contribution in [0, 0.1) is 0 Å². The quantitative estimate of drug-likeness (QED) is 0.264. The number of nitrogens with one attached hydrogen (secondary N) is 1. The second-order valence-corrected chi connectivity index (χ2v) is 9.77. The first-order valence-electron chi connectivity index (χ1n) is 12.8. The molecule has 6 rings (SSSR count). The average Bonchev–Trinajstić information content (AvgIpc) is 3.62. The lowest BCUT2D eigenvalue weighted by Crippen LogP contribution is -2.36. The van der Waals surface area contributed by atoms with Gasteiger partial charge >= 0.3 is 5.97 Å². The Morgan fingerprint density at radius 3 is 2.41 bits per heavy atom. The molecule has 1 N–H and O–H groups in total. The van der Waals surface area contributed by atoms with Crippen molar-refractivity contribution in [1.82, 2.24) is 10.3 Å². The predicted molar refractivity (Wildman–Crippen MR) is 153 cm³/mol. The highest BCUT2D eigenvalue weighted by molar-refractivity contribution is 7.80. The minimum Gasteiger partial charge on any atom is -0.465 e. The van der Waals surface area contributed by atoms with E-state index in [0.717, 1.165) is 54.7 Å². The van der Waals surface area contributed by atoms with Crippen LogP contribution in [0.2, 0.25) is 0 Å². The van der Waals surface area contributed by atoms with E-state index in [9.17, 15) is 4.79 Å². The summed E-state index contributed by atoms with van der Waals surface area (Å²) in [6.07, 6.45) is 1.79. The topological polar surface area (TPSA) is 80.1 Å². The van der Waals surface area contributed by atoms with Gasteiger partial charge in [-0.1, -0.05) is 18.2 Å². The summed E-state index contributed by atoms with van der Waals surface area (Å²) in [6.45, 7) is 3.23. The molecule has 0 amide bonds. The molecule has 2 aromatic heterocycles. The van der Waals surface area contributed by atoms with Gasteiger partial charge < -0.3 is 29.0 Å². The zero-order chi connectivity index (χ0) is 26.8. The maximum atomic E-state index is 11.8. The van der Waals surface area contributed by atoms with E-state index in [-0.39, 0.29) is 18.1 Å². The molecule has 2 aromatic carbocycles. The number of ether oxygens (including phenoxy) is 2. The number of methoxy groups -OCH3 is 1. The third kappa shape index (κ3) is 4.98. The molecule has 2 saturated heterocycles. The van der Waals surface area contributed by atoms with E-state index in [1.54, 1.807) is 18.3 Å². The molecule has 2 aliphatic rings. The minimum atomic E-state index is -0.374. The average molecular weight is 541 g/mol. The number of morpholine rings is 1. The zero-order valence-corrected chi connectivity index (χ0v) is 22.3. The molecule has 39 heavy (non-hydrogen) atoms. The Bertz CT molecular complexity index is 1450. The number of carbonyl (C=O) groups is 1. The van der Waals surface area contributed by atoms with Gasteiger partial charge in [-0.25, -0.2) is 4.79 Å². The highest BCUT2D eigenvalue weighted by Gasteiger charge is 2.42. The number of thiocarbonyl (C=S) groups is 1. The largest absolute Gasteiger partial charge is 0.465 e. The van der Waals surface area contributed by atoms with Gasteiger partial charge in [0.2, 0.25) is 0 Å². The Labute approximate surface area is 232 Å². The van der Waals surface area contributed by atoms with Gasteiger partial charge in [0, 0.05) is 36.2 Å². The number of esters is 1. The highest BCUT2D eigenvalue weighted by atomic mass is 32.1. The number of pyridine rings is 1. The number of hydrogen-bond acceptors (Lipinski definition) is 7. The molecule has 2 atom stereocenters. The molecule has 4 aromatic rings. The fourth-order valence-corrected chi connectivity index (χ4v) is 5.47. The number of nitrogens with zero attached hydrogens (tertiary/aromatic N) is 3. The molecule has 0 spiro atoms. The van der Waals surface area contributed by atoms with Crippen molar-refractivity contribution in [2.24, 2.45) is 0 Å². The van der Waals surface area contributed by atoms with E-state index in [1.165, 1.54) is 7.11 Å². The van der Waals surface area contributed by atoms with Gasteiger partial charge in [0.05, 0.1) is 37.6 Å². The van der Waals surface area contributed by atoms with Gasteiger partial charge in [0.25, 0.3) is 0 Å². The summed E-state index contributed by atoms with van der Waals surface area (Å²) >= 11 is 5.86. The number of carbonyl (C=O) groups excluding carboxylic acids is 1. The Hall–Kier alpha value is -4.21. The van der Waals surface area contributed by atoms with Crippen LogP contribution in [-0.4, -0.2) is 49.5 Å². The molecule has 2 aliphatic heterocycles. The summed E-state index contributed by atoms with van der Waals surface area (Å²) in [5.74, 6) is 1.07. The number of furan rings is 1. The van der Waals surface area contributed by atoms with Crippen LogP contribution in [0.25, 0.3) is 11.3 Å². The van der Waals surface area contributed by atoms with Gasteiger partial charge in [-0.05, 0) is 72.9 Å². The number of aromatic nitrogens is 1. The first kappa shape index (κ1) is 25.1. The smallest absolute Gasteiger partial charge is 0.337 e. The van der Waals surface area contributed by atoms with E-state index >= 15 is 0 Å². The predicted octanol–water partition coefficient (Wildman–Crippen LogP) is 5.14. The Morgan fingerprint density at radius 1 is 0.974 bits per heavy atom. The molecule has 0 saturated carbocycles. The lowest BCUT2D eigenvalue weighted by atomic mass is 10.0. The molecule has 8 nitrogen and oxygen atoms in total. The summed E-state index contributed by atoms with van der Waals surface area (Å²) in [4.78, 5) is 20.9. The van der Waals surface area contributed by atoms with Crippen molar-refractivity contribution < 1.29 is 18.7 Å². The third-order valence-electron chi connectivity index (χ3n) is 7.11. The molecule has 198 valence electrons. The lowest BCUT2D eigenvalue weighted by Gasteiger charge is -2.30. The first-order valence-corrected chi connectivity index (χ1v) is 13.2. The summed E-state index contributed by atoms with van der Waals surface area (Å²) in [7, 11) is 1.37. The van der Waals surface area contributed by atoms with Crippen LogP contribution in [0.5, 0.6) is 0 Å². The summed E-state index contributed by atoms with van der Waals surface area (Å²) in [6, 6.07) is 24.9. The number of anilines is 2. The Morgan fingerprint density at radius 2 is 1.72 bits per heavy atom. The van der Waals surface area contributed by atoms with Gasteiger partial charge in [-0.2, -0.15) is 0 Å². The summed E-state index contributed by atoms with van der Waals surface area (Å²) in [5, 5.41) is 4.08. The van der Waals surface area contributed by atoms with Crippen LogP contribution < -0.4 is 15.1 Å². The summed E-state index contributed by atoms with van der Waals surface area (Å²) < 4.78 is 16.8. The standard InChI is InChI=1S/C30H28N4O4S/c1-36-29(35)21-7-5-20(6-8-21)25-13-14-26(38-25)28-27(24-4-2-3-15-31-24)32-30(39)34(28)23-11-9-22(10-12-23)33-16-18-37-19-17-33/h2-15,27-28H,16-19H2,1H3,(H,32,39)/t27-,28-/m1/s1. The molecule has 0 radical (unpaired) electrons. The number of hydrogen-bond donors (Lipinski definition) is 1. The highest BCUT2D eigenvalue weighted by Crippen LogP contribution is 2.43. The SMILES string of the molecule is COC(=O)c1ccc(-c2ccc([C@@H]3[C@@H](c4ccccn4)NC(=S)N3c3ccc(N4CCOCC4)cc3)o2)cc1. The second-order valence-electron chi connectivity index (χ2n) is 9.38. The lowest BCUT2D eigenvalue weighted by molar-refractivity contribution is 0.0600. The van der Waals surface area contributed by atoms with E-state index in [0.29, 0.717) is 16.4 Å². The Balaban J connectivity index is 1.34. The molecule has 9 heteroatoms. The van der Waals surface area contributed by atoms with Crippen molar-refractivity contribution in [1.29, 1.82) is 0 Å². The molecule has 0 unspecified atom stereocenters. The molecule has 0 aliphatic carbocycles. The Kier molecular flexibility index (Phi) is 7.00. The van der Waals surface area contributed by atoms with Crippen molar-refractivity contribution in [3.05, 3.63) is 102 Å². The van der Waals surface area contributed by atoms with Gasteiger partial charge in [0.15, 0.2) is 5.11 Å². The van der Waals surface area contributed by atoms with E-state index in [1.807, 2.05) is 42.5 Å². The van der Waals surface area contributed by atoms with E-state index in [4.69, 9.17) is 26.1 Å². The molecule has 0 bridgehead atoms. The van der Waals surface area contributed by atoms with Gasteiger partial charge in [-0.15, -0.1) is 0 Å². The third-order valence-corrected chi connectivity index (χ3v) is 7.43. The van der Waals surface area contributed by atoms with Crippen LogP contribution in [0.4, 0.5) is 11.4 Å². The maximum absolute atomic E-state index is 11.8. The van der Waals surface area contributed by atoms with Crippen molar-refractivity contribution in [3.8, 4) is 11.3 Å². The molecular formula is C30H28N4O4S. The number of rotatable bonds is 6. The summed E-state index contributed by atoms with van der Waals surface area (Å²) in [5.41, 5.74) is 4.35. The molecule has 4 heterocycles. The van der Waals surface area contributed by atoms with Crippen molar-refractivity contribution >= 4 is 34.7 Å². The zero-order valence-electron chi connectivity index (χ0n) is 21.4. The van der Waals surface area contributed by atoms with Crippen molar-refractivity contribution in [3.63, 3.8) is 0 Å². The van der Waals surface area contributed by atoms with E-state index in [2.05, 4.69) is 44.4 Å². The monoisotopic (exact) mass is 540 g/mol. The normalized spacial score (nSPS) is 19.2. The van der Waals surface area contributed by atoms with Crippen LogP contribution in [-0.2, 0) is 9.47 Å². The second kappa shape index (κ2) is 10.9. The van der Waals surface area contributed by atoms with Crippen LogP contribution >= 0.6 is 12.2 Å². The molecule has 2 fully saturated rings. The maximum Gasteiger partial charge on any atom is 0.337 e. The van der Waals surface area contributed by atoms with Crippen LogP contribution in [0.1, 0.15) is 33.9 Å². The van der Waals surface area contributed by atoms with Gasteiger partial charge in [0.1, 0.15) is 17.6 Å². The fraction of sp³-hybridized carbons (Fsp3) is 0.233. The number of benzene rings is 2. The van der Waals surface area contributed by atoms with Crippen LogP contribution in [0.15, 0.2) is 89.5 Å². The van der Waals surface area contributed by atoms with Crippen LogP contribution in [0.3, 0.4) is 0 Å². The van der Waals surface area contributed by atoms with Crippen molar-refractivity contribution in [2.45, 2.75) is 12.1 Å². The van der Waals surface area contributed by atoms with E-state index < -0.39 is 0 Å². The first-order chi connectivity index (χ1) is 19.1. The van der Waals surface area contributed by atoms with Crippen molar-refractivity contribution in [2.75, 3.05) is 43.2 Å². The minimum absolute atomic E-state index is 0.210. The van der Waals surface area contributed by atoms with Gasteiger partial charge in [-0.3, -0.25) is 4.98 Å². The fourth-order valence-electron chi connectivity index (χ4n) is 5.12.